The van der Waals surface area contributed by atoms with Crippen LogP contribution in [0.5, 0.6) is 11.5 Å². The van der Waals surface area contributed by atoms with Crippen LogP contribution in [0.3, 0.4) is 0 Å². The molecule has 0 aliphatic rings. The molecule has 8 heteroatoms. The predicted molar refractivity (Wildman–Crippen MR) is 141 cm³/mol. The third kappa shape index (κ3) is 6.60. The van der Waals surface area contributed by atoms with Gasteiger partial charge in [-0.15, -0.1) is 22.0 Å². The lowest BCUT2D eigenvalue weighted by molar-refractivity contribution is 0.294. The normalized spacial score (nSPS) is 11.0. The van der Waals surface area contributed by atoms with Gasteiger partial charge in [0.2, 0.25) is 0 Å². The molecule has 0 fully saturated rings. The molecule has 2 aromatic heterocycles. The van der Waals surface area contributed by atoms with Crippen LogP contribution in [0.2, 0.25) is 0 Å². The van der Waals surface area contributed by atoms with Crippen LogP contribution in [0.15, 0.2) is 96.2 Å². The highest BCUT2D eigenvalue weighted by Crippen LogP contribution is 2.26. The van der Waals surface area contributed by atoms with Crippen molar-refractivity contribution in [3.63, 3.8) is 0 Å². The summed E-state index contributed by atoms with van der Waals surface area (Å²) in [6, 6.07) is 28.3. The molecular formula is C28H27N5O2S. The Labute approximate surface area is 214 Å². The Kier molecular flexibility index (Phi) is 8.05. The minimum absolute atomic E-state index is 0.422. The van der Waals surface area contributed by atoms with E-state index in [2.05, 4.69) is 56.8 Å². The van der Waals surface area contributed by atoms with Gasteiger partial charge in [0.1, 0.15) is 24.7 Å². The fourth-order valence-corrected chi connectivity index (χ4v) is 4.79. The standard InChI is InChI=1S/C28H27N5O2S/c1-3-9-27-22(7-1)11-12-24(31-27)20-35-26-15-13-25(14-16-26)34-19-23-8-2-4-10-28(23)36-18-6-5-17-33-30-21-29-32-33/h1-4,7-16,21H,5-6,17-20H2. The Morgan fingerprint density at radius 2 is 1.53 bits per heavy atom. The average Bonchev–Trinajstić information content (AvgIpc) is 3.45. The molecule has 36 heavy (non-hydrogen) atoms. The van der Waals surface area contributed by atoms with E-state index < -0.39 is 0 Å². The zero-order chi connectivity index (χ0) is 24.4. The number of unbranched alkanes of at least 4 members (excludes halogenated alkanes) is 1. The molecule has 0 unspecified atom stereocenters. The van der Waals surface area contributed by atoms with Crippen LogP contribution in [0.4, 0.5) is 0 Å². The van der Waals surface area contributed by atoms with Crippen molar-refractivity contribution < 1.29 is 9.47 Å². The lowest BCUT2D eigenvalue weighted by atomic mass is 10.2. The first-order valence-corrected chi connectivity index (χ1v) is 12.9. The molecule has 5 rings (SSSR count). The highest BCUT2D eigenvalue weighted by atomic mass is 32.2. The quantitative estimate of drug-likeness (QED) is 0.156. The Bertz CT molecular complexity index is 1380. The Balaban J connectivity index is 1.08. The van der Waals surface area contributed by atoms with Crippen LogP contribution in [0.1, 0.15) is 24.1 Å². The Morgan fingerprint density at radius 1 is 0.750 bits per heavy atom. The highest BCUT2D eigenvalue weighted by Gasteiger charge is 2.05. The monoisotopic (exact) mass is 497 g/mol. The maximum Gasteiger partial charge on any atom is 0.162 e. The molecule has 0 aliphatic carbocycles. The summed E-state index contributed by atoms with van der Waals surface area (Å²) in [4.78, 5) is 7.54. The topological polar surface area (TPSA) is 75.0 Å². The highest BCUT2D eigenvalue weighted by molar-refractivity contribution is 7.99. The molecule has 3 aromatic carbocycles. The fourth-order valence-electron chi connectivity index (χ4n) is 3.73. The molecular weight excluding hydrogens is 470 g/mol. The second-order valence-corrected chi connectivity index (χ2v) is 9.38. The molecule has 0 saturated heterocycles. The van der Waals surface area contributed by atoms with Gasteiger partial charge in [-0.3, -0.25) is 0 Å². The molecule has 7 nitrogen and oxygen atoms in total. The zero-order valence-corrected chi connectivity index (χ0v) is 20.7. The van der Waals surface area contributed by atoms with Crippen molar-refractivity contribution in [2.24, 2.45) is 0 Å². The minimum atomic E-state index is 0.422. The Hall–Kier alpha value is -3.91. The summed E-state index contributed by atoms with van der Waals surface area (Å²) < 4.78 is 12.0. The van der Waals surface area contributed by atoms with Crippen molar-refractivity contribution in [2.75, 3.05) is 5.75 Å². The molecule has 2 heterocycles. The van der Waals surface area contributed by atoms with Crippen molar-refractivity contribution in [2.45, 2.75) is 37.5 Å². The summed E-state index contributed by atoms with van der Waals surface area (Å²) >= 11 is 1.86. The van der Waals surface area contributed by atoms with Gasteiger partial charge in [-0.25, -0.2) is 4.98 Å². The number of pyridine rings is 1. The molecule has 5 aromatic rings. The number of benzene rings is 3. The van der Waals surface area contributed by atoms with E-state index in [4.69, 9.17) is 9.47 Å². The summed E-state index contributed by atoms with van der Waals surface area (Å²) in [5.41, 5.74) is 3.06. The molecule has 0 atom stereocenters. The molecule has 0 radical (unpaired) electrons. The molecule has 0 amide bonds. The first-order valence-electron chi connectivity index (χ1n) is 12.0. The zero-order valence-electron chi connectivity index (χ0n) is 19.9. The molecule has 0 aliphatic heterocycles. The number of hydrogen-bond acceptors (Lipinski definition) is 7. The van der Waals surface area contributed by atoms with Crippen LogP contribution < -0.4 is 9.47 Å². The number of hydrogen-bond donors (Lipinski definition) is 0. The van der Waals surface area contributed by atoms with Gasteiger partial charge in [0, 0.05) is 15.8 Å². The molecule has 0 N–H and O–H groups in total. The van der Waals surface area contributed by atoms with Crippen LogP contribution in [-0.2, 0) is 19.8 Å². The van der Waals surface area contributed by atoms with Gasteiger partial charge in [-0.1, -0.05) is 42.5 Å². The van der Waals surface area contributed by atoms with Crippen molar-refractivity contribution in [1.29, 1.82) is 0 Å². The Morgan fingerprint density at radius 3 is 2.36 bits per heavy atom. The summed E-state index contributed by atoms with van der Waals surface area (Å²) in [5.74, 6) is 2.63. The van der Waals surface area contributed by atoms with Crippen molar-refractivity contribution in [1.82, 2.24) is 25.2 Å². The SMILES string of the molecule is c1ccc(SCCCCn2ncnn2)c(COc2ccc(OCc3ccc4ccccc4n3)cc2)c1. The van der Waals surface area contributed by atoms with E-state index in [1.165, 1.54) is 16.8 Å². The van der Waals surface area contributed by atoms with E-state index in [0.29, 0.717) is 13.2 Å². The van der Waals surface area contributed by atoms with Gasteiger partial charge in [0.25, 0.3) is 0 Å². The van der Waals surface area contributed by atoms with Crippen molar-refractivity contribution >= 4 is 22.7 Å². The average molecular weight is 498 g/mol. The van der Waals surface area contributed by atoms with Crippen LogP contribution in [-0.4, -0.2) is 30.9 Å². The maximum absolute atomic E-state index is 6.07. The number of aromatic nitrogens is 5. The van der Waals surface area contributed by atoms with Crippen molar-refractivity contribution in [3.05, 3.63) is 103 Å². The van der Waals surface area contributed by atoms with Gasteiger partial charge in [0.15, 0.2) is 6.33 Å². The van der Waals surface area contributed by atoms with E-state index in [9.17, 15) is 0 Å². The van der Waals surface area contributed by atoms with E-state index in [1.807, 2.05) is 60.3 Å². The molecule has 0 spiro atoms. The lowest BCUT2D eigenvalue weighted by Gasteiger charge is -2.12. The number of rotatable bonds is 12. The number of thioether (sulfide) groups is 1. The second-order valence-electron chi connectivity index (χ2n) is 8.24. The fraction of sp³-hybridized carbons (Fsp3) is 0.214. The van der Waals surface area contributed by atoms with E-state index >= 15 is 0 Å². The number of aryl methyl sites for hydroxylation is 1. The second kappa shape index (κ2) is 12.2. The predicted octanol–water partition coefficient (Wildman–Crippen LogP) is 5.95. The molecule has 182 valence electrons. The third-order valence-electron chi connectivity index (χ3n) is 5.63. The van der Waals surface area contributed by atoms with Gasteiger partial charge in [-0.2, -0.15) is 4.80 Å². The number of para-hydroxylation sites is 1. The first kappa shape index (κ1) is 23.8. The first-order chi connectivity index (χ1) is 17.8. The maximum atomic E-state index is 6.07. The van der Waals surface area contributed by atoms with Crippen molar-refractivity contribution in [3.8, 4) is 11.5 Å². The number of ether oxygens (including phenoxy) is 2. The molecule has 0 saturated carbocycles. The number of tetrazole rings is 1. The minimum Gasteiger partial charge on any atom is -0.489 e. The van der Waals surface area contributed by atoms with E-state index in [-0.39, 0.29) is 0 Å². The third-order valence-corrected chi connectivity index (χ3v) is 6.84. The van der Waals surface area contributed by atoms with Crippen LogP contribution in [0, 0.1) is 0 Å². The van der Waals surface area contributed by atoms with Crippen LogP contribution >= 0.6 is 11.8 Å². The number of nitrogens with zero attached hydrogens (tertiary/aromatic N) is 5. The van der Waals surface area contributed by atoms with Crippen LogP contribution in [0.25, 0.3) is 10.9 Å². The molecule has 0 bridgehead atoms. The summed E-state index contributed by atoms with van der Waals surface area (Å²) in [7, 11) is 0. The summed E-state index contributed by atoms with van der Waals surface area (Å²) in [6.45, 7) is 1.74. The van der Waals surface area contributed by atoms with Gasteiger partial charge < -0.3 is 9.47 Å². The van der Waals surface area contributed by atoms with E-state index in [0.717, 1.165) is 53.2 Å². The van der Waals surface area contributed by atoms with Gasteiger partial charge in [0.05, 0.1) is 17.8 Å². The van der Waals surface area contributed by atoms with Gasteiger partial charge >= 0.3 is 0 Å². The summed E-state index contributed by atoms with van der Waals surface area (Å²) in [6.07, 6.45) is 3.57. The van der Waals surface area contributed by atoms with E-state index in [1.54, 1.807) is 4.80 Å². The van der Waals surface area contributed by atoms with Gasteiger partial charge in [-0.05, 0) is 66.3 Å². The summed E-state index contributed by atoms with van der Waals surface area (Å²) in [5, 5.41) is 12.8. The lowest BCUT2D eigenvalue weighted by Crippen LogP contribution is -2.03. The number of fused-ring (bicyclic) bond motifs is 1. The smallest absolute Gasteiger partial charge is 0.162 e. The largest absolute Gasteiger partial charge is 0.489 e.